The Labute approximate surface area is 106 Å². The van der Waals surface area contributed by atoms with E-state index in [4.69, 9.17) is 4.74 Å². The molecule has 0 saturated carbocycles. The van der Waals surface area contributed by atoms with Crippen molar-refractivity contribution in [2.45, 2.75) is 45.6 Å². The fraction of sp³-hybridized carbons (Fsp3) is 0.615. The molecule has 2 rings (SSSR count). The van der Waals surface area contributed by atoms with E-state index in [1.165, 1.54) is 11.8 Å². The molecule has 18 heavy (non-hydrogen) atoms. The van der Waals surface area contributed by atoms with Crippen LogP contribution in [0, 0.1) is 0 Å². The van der Waals surface area contributed by atoms with E-state index in [9.17, 15) is 14.4 Å². The first kappa shape index (κ1) is 12.8. The zero-order valence-corrected chi connectivity index (χ0v) is 10.7. The van der Waals surface area contributed by atoms with Crippen LogP contribution in [-0.4, -0.2) is 35.3 Å². The van der Waals surface area contributed by atoms with Crippen molar-refractivity contribution < 1.29 is 19.1 Å². The maximum Gasteiger partial charge on any atom is 0.302 e. The Kier molecular flexibility index (Phi) is 3.50. The van der Waals surface area contributed by atoms with Crippen molar-refractivity contribution in [1.82, 2.24) is 4.90 Å². The second-order valence-electron chi connectivity index (χ2n) is 4.81. The quantitative estimate of drug-likeness (QED) is 0.558. The van der Waals surface area contributed by atoms with Crippen molar-refractivity contribution >= 4 is 17.8 Å². The third-order valence-electron chi connectivity index (χ3n) is 3.28. The topological polar surface area (TPSA) is 63.7 Å². The maximum atomic E-state index is 12.1. The number of hydrogen-bond acceptors (Lipinski definition) is 4. The van der Waals surface area contributed by atoms with E-state index >= 15 is 0 Å². The summed E-state index contributed by atoms with van der Waals surface area (Å²) in [6.07, 6.45) is 2.85. The number of carbonyl (C=O) groups is 3. The van der Waals surface area contributed by atoms with Gasteiger partial charge in [0.25, 0.3) is 11.8 Å². The number of ether oxygens (including phenoxy) is 1. The Morgan fingerprint density at radius 2 is 1.72 bits per heavy atom. The van der Waals surface area contributed by atoms with Gasteiger partial charge in [-0.3, -0.25) is 19.3 Å². The molecule has 1 heterocycles. The summed E-state index contributed by atoms with van der Waals surface area (Å²) in [6.45, 7) is 3.14. The smallest absolute Gasteiger partial charge is 0.302 e. The van der Waals surface area contributed by atoms with E-state index in [0.29, 0.717) is 24.0 Å². The van der Waals surface area contributed by atoms with Gasteiger partial charge in [0.2, 0.25) is 0 Å². The van der Waals surface area contributed by atoms with Crippen molar-refractivity contribution in [1.29, 1.82) is 0 Å². The molecule has 1 atom stereocenters. The van der Waals surface area contributed by atoms with Crippen molar-refractivity contribution in [3.05, 3.63) is 11.1 Å². The molecule has 0 aromatic carbocycles. The van der Waals surface area contributed by atoms with Crippen LogP contribution in [0.4, 0.5) is 0 Å². The summed E-state index contributed by atoms with van der Waals surface area (Å²) in [4.78, 5) is 36.2. The van der Waals surface area contributed by atoms with Crippen LogP contribution in [0.1, 0.15) is 39.5 Å². The molecule has 0 radical (unpaired) electrons. The summed E-state index contributed by atoms with van der Waals surface area (Å²) >= 11 is 0. The molecule has 0 aromatic heterocycles. The molecular formula is C13H17NO4. The van der Waals surface area contributed by atoms with Gasteiger partial charge < -0.3 is 4.74 Å². The fourth-order valence-corrected chi connectivity index (χ4v) is 2.54. The monoisotopic (exact) mass is 251 g/mol. The summed E-state index contributed by atoms with van der Waals surface area (Å²) in [6, 6.07) is 0. The highest BCUT2D eigenvalue weighted by Crippen LogP contribution is 2.32. The van der Waals surface area contributed by atoms with E-state index in [0.717, 1.165) is 12.8 Å². The number of rotatable bonds is 3. The molecule has 0 aromatic rings. The zero-order chi connectivity index (χ0) is 13.3. The van der Waals surface area contributed by atoms with Gasteiger partial charge >= 0.3 is 5.97 Å². The molecule has 2 aliphatic rings. The van der Waals surface area contributed by atoms with Crippen LogP contribution in [0.25, 0.3) is 0 Å². The molecule has 0 saturated heterocycles. The molecule has 0 N–H and O–H groups in total. The van der Waals surface area contributed by atoms with Crippen LogP contribution in [0.3, 0.4) is 0 Å². The van der Waals surface area contributed by atoms with Gasteiger partial charge in [-0.1, -0.05) is 0 Å². The normalized spacial score (nSPS) is 21.1. The lowest BCUT2D eigenvalue weighted by molar-refractivity contribution is -0.150. The number of hydrogen-bond donors (Lipinski definition) is 0. The lowest BCUT2D eigenvalue weighted by atomic mass is 9.93. The van der Waals surface area contributed by atoms with Gasteiger partial charge in [-0.25, -0.2) is 0 Å². The van der Waals surface area contributed by atoms with Crippen LogP contribution in [0.2, 0.25) is 0 Å². The average molecular weight is 251 g/mol. The summed E-state index contributed by atoms with van der Waals surface area (Å²) in [5.41, 5.74) is 1.34. The number of imide groups is 1. The van der Waals surface area contributed by atoms with E-state index < -0.39 is 12.1 Å². The van der Waals surface area contributed by atoms with Gasteiger partial charge in [-0.15, -0.1) is 0 Å². The Morgan fingerprint density at radius 1 is 1.22 bits per heavy atom. The van der Waals surface area contributed by atoms with Crippen LogP contribution >= 0.6 is 0 Å². The Bertz CT molecular complexity index is 410. The fourth-order valence-electron chi connectivity index (χ4n) is 2.54. The molecule has 0 spiro atoms. The first-order valence-electron chi connectivity index (χ1n) is 6.26. The molecule has 0 bridgehead atoms. The molecule has 1 aliphatic carbocycles. The number of carbonyl (C=O) groups excluding carboxylic acids is 3. The molecular weight excluding hydrogens is 234 g/mol. The van der Waals surface area contributed by atoms with Crippen molar-refractivity contribution in [2.24, 2.45) is 0 Å². The van der Waals surface area contributed by atoms with Crippen molar-refractivity contribution in [2.75, 3.05) is 6.54 Å². The highest BCUT2D eigenvalue weighted by atomic mass is 16.5. The predicted molar refractivity (Wildman–Crippen MR) is 63.4 cm³/mol. The van der Waals surface area contributed by atoms with E-state index in [-0.39, 0.29) is 18.4 Å². The van der Waals surface area contributed by atoms with Gasteiger partial charge in [-0.05, 0) is 32.6 Å². The summed E-state index contributed by atoms with van der Waals surface area (Å²) in [5.74, 6) is -0.804. The average Bonchev–Trinajstić information content (AvgIpc) is 2.54. The highest BCUT2D eigenvalue weighted by Gasteiger charge is 2.39. The maximum absolute atomic E-state index is 12.1. The van der Waals surface area contributed by atoms with Crippen LogP contribution in [0.15, 0.2) is 11.1 Å². The minimum absolute atomic E-state index is 0.143. The minimum atomic E-state index is -0.461. The SMILES string of the molecule is CC(=O)OC(C)CN1C(=O)C2=C(CCCC2)C1=O. The number of nitrogens with zero attached hydrogens (tertiary/aromatic N) is 1. The highest BCUT2D eigenvalue weighted by molar-refractivity contribution is 6.19. The van der Waals surface area contributed by atoms with Gasteiger partial charge in [0.1, 0.15) is 6.10 Å². The van der Waals surface area contributed by atoms with Gasteiger partial charge in [0, 0.05) is 18.1 Å². The molecule has 98 valence electrons. The zero-order valence-electron chi connectivity index (χ0n) is 10.7. The molecule has 0 fully saturated rings. The van der Waals surface area contributed by atoms with Crippen LogP contribution < -0.4 is 0 Å². The van der Waals surface area contributed by atoms with Gasteiger partial charge in [0.15, 0.2) is 0 Å². The molecule has 1 aliphatic heterocycles. The lowest BCUT2D eigenvalue weighted by Gasteiger charge is -2.19. The summed E-state index contributed by atoms with van der Waals surface area (Å²) in [7, 11) is 0. The van der Waals surface area contributed by atoms with Crippen molar-refractivity contribution in [3.8, 4) is 0 Å². The summed E-state index contributed by atoms with van der Waals surface area (Å²) in [5, 5.41) is 0. The summed E-state index contributed by atoms with van der Waals surface area (Å²) < 4.78 is 4.96. The number of amides is 2. The van der Waals surface area contributed by atoms with E-state index in [1.54, 1.807) is 6.92 Å². The first-order chi connectivity index (χ1) is 8.50. The Morgan fingerprint density at radius 3 is 2.17 bits per heavy atom. The Balaban J connectivity index is 2.06. The lowest BCUT2D eigenvalue weighted by Crippen LogP contribution is -2.38. The van der Waals surface area contributed by atoms with E-state index in [1.807, 2.05) is 0 Å². The third kappa shape index (κ3) is 2.30. The molecule has 2 amide bonds. The van der Waals surface area contributed by atoms with Crippen LogP contribution in [-0.2, 0) is 19.1 Å². The van der Waals surface area contributed by atoms with Gasteiger partial charge in [0.05, 0.1) is 6.54 Å². The molecule has 5 heteroatoms. The van der Waals surface area contributed by atoms with Gasteiger partial charge in [-0.2, -0.15) is 0 Å². The first-order valence-corrected chi connectivity index (χ1v) is 6.26. The molecule has 1 unspecified atom stereocenters. The Hall–Kier alpha value is -1.65. The standard InChI is InChI=1S/C13H17NO4/c1-8(18-9(2)15)7-14-12(16)10-5-3-4-6-11(10)13(14)17/h8H,3-7H2,1-2H3. The second-order valence-corrected chi connectivity index (χ2v) is 4.81. The largest absolute Gasteiger partial charge is 0.461 e. The van der Waals surface area contributed by atoms with Crippen molar-refractivity contribution in [3.63, 3.8) is 0 Å². The molecule has 5 nitrogen and oxygen atoms in total. The second kappa shape index (κ2) is 4.92. The third-order valence-corrected chi connectivity index (χ3v) is 3.28. The predicted octanol–water partition coefficient (Wildman–Crippen LogP) is 1.18. The number of esters is 1. The van der Waals surface area contributed by atoms with Crippen LogP contribution in [0.5, 0.6) is 0 Å². The van der Waals surface area contributed by atoms with E-state index in [2.05, 4.69) is 0 Å². The minimum Gasteiger partial charge on any atom is -0.461 e.